The third-order valence-corrected chi connectivity index (χ3v) is 2.61. The maximum Gasteiger partial charge on any atom is 0.133 e. The van der Waals surface area contributed by atoms with Crippen LogP contribution in [0.1, 0.15) is 11.1 Å². The highest BCUT2D eigenvalue weighted by atomic mass is 15.2. The normalized spacial score (nSPS) is 9.71. The first-order chi connectivity index (χ1) is 8.20. The minimum absolute atomic E-state index is 0.620. The summed E-state index contributed by atoms with van der Waals surface area (Å²) in [6.07, 6.45) is 1.65. The van der Waals surface area contributed by atoms with E-state index in [9.17, 15) is 0 Å². The van der Waals surface area contributed by atoms with Crippen molar-refractivity contribution in [2.24, 2.45) is 0 Å². The molecule has 1 aromatic heterocycles. The second-order valence-electron chi connectivity index (χ2n) is 3.91. The third-order valence-electron chi connectivity index (χ3n) is 2.61. The van der Waals surface area contributed by atoms with E-state index in [1.165, 1.54) is 5.56 Å². The van der Waals surface area contributed by atoms with Gasteiger partial charge >= 0.3 is 0 Å². The van der Waals surface area contributed by atoms with Crippen LogP contribution in [0.15, 0.2) is 42.6 Å². The Bertz CT molecular complexity index is 570. The average molecular weight is 223 g/mol. The molecule has 0 saturated heterocycles. The summed E-state index contributed by atoms with van der Waals surface area (Å²) in [5.74, 6) is 0.773. The second kappa shape index (κ2) is 4.67. The third kappa shape index (κ3) is 2.43. The number of rotatable bonds is 2. The van der Waals surface area contributed by atoms with Crippen molar-refractivity contribution in [2.45, 2.75) is 6.92 Å². The van der Waals surface area contributed by atoms with E-state index in [1.54, 1.807) is 18.3 Å². The lowest BCUT2D eigenvalue weighted by Gasteiger charge is -2.18. The number of benzene rings is 1. The highest BCUT2D eigenvalue weighted by Gasteiger charge is 2.05. The van der Waals surface area contributed by atoms with Crippen LogP contribution in [-0.4, -0.2) is 12.0 Å². The van der Waals surface area contributed by atoms with Crippen LogP contribution in [0.4, 0.5) is 11.5 Å². The Balaban J connectivity index is 2.37. The van der Waals surface area contributed by atoms with Crippen LogP contribution >= 0.6 is 0 Å². The molecule has 0 unspecified atom stereocenters. The highest BCUT2D eigenvalue weighted by molar-refractivity contribution is 5.60. The topological polar surface area (TPSA) is 39.9 Å². The van der Waals surface area contributed by atoms with Crippen molar-refractivity contribution in [2.75, 3.05) is 11.9 Å². The van der Waals surface area contributed by atoms with Gasteiger partial charge in [-0.2, -0.15) is 5.26 Å². The molecule has 1 aromatic carbocycles. The number of pyridine rings is 1. The van der Waals surface area contributed by atoms with Gasteiger partial charge in [-0.1, -0.05) is 12.1 Å². The zero-order valence-electron chi connectivity index (χ0n) is 9.88. The predicted octanol–water partition coefficient (Wildman–Crippen LogP) is 3.03. The van der Waals surface area contributed by atoms with Gasteiger partial charge in [0.05, 0.1) is 11.6 Å². The highest BCUT2D eigenvalue weighted by Crippen LogP contribution is 2.22. The van der Waals surface area contributed by atoms with Gasteiger partial charge in [0.1, 0.15) is 5.82 Å². The van der Waals surface area contributed by atoms with E-state index < -0.39 is 0 Å². The van der Waals surface area contributed by atoms with E-state index in [4.69, 9.17) is 5.26 Å². The van der Waals surface area contributed by atoms with Gasteiger partial charge in [-0.25, -0.2) is 4.98 Å². The van der Waals surface area contributed by atoms with Gasteiger partial charge in [-0.05, 0) is 36.8 Å². The van der Waals surface area contributed by atoms with Gasteiger partial charge in [0.25, 0.3) is 0 Å². The summed E-state index contributed by atoms with van der Waals surface area (Å²) in [5.41, 5.74) is 2.88. The lowest BCUT2D eigenvalue weighted by molar-refractivity contribution is 1.12. The molecule has 0 spiro atoms. The number of aryl methyl sites for hydroxylation is 1. The SMILES string of the molecule is Cc1cccc(N(C)c2cc(C#N)ccn2)c1. The molecule has 0 aliphatic heterocycles. The van der Waals surface area contributed by atoms with Crippen LogP contribution in [-0.2, 0) is 0 Å². The first-order valence-electron chi connectivity index (χ1n) is 5.37. The van der Waals surface area contributed by atoms with Crippen molar-refractivity contribution in [1.29, 1.82) is 5.26 Å². The second-order valence-corrected chi connectivity index (χ2v) is 3.91. The number of hydrogen-bond donors (Lipinski definition) is 0. The Kier molecular flexibility index (Phi) is 3.06. The molecular weight excluding hydrogens is 210 g/mol. The summed E-state index contributed by atoms with van der Waals surface area (Å²) in [6.45, 7) is 2.05. The van der Waals surface area contributed by atoms with E-state index in [2.05, 4.69) is 30.1 Å². The molecule has 2 rings (SSSR count). The lowest BCUT2D eigenvalue weighted by Crippen LogP contribution is -2.11. The molecule has 0 N–H and O–H groups in total. The number of nitriles is 1. The maximum atomic E-state index is 8.86. The summed E-state index contributed by atoms with van der Waals surface area (Å²) in [6, 6.07) is 13.8. The average Bonchev–Trinajstić information content (AvgIpc) is 2.38. The number of anilines is 2. The fourth-order valence-corrected chi connectivity index (χ4v) is 1.64. The largest absolute Gasteiger partial charge is 0.329 e. The summed E-state index contributed by atoms with van der Waals surface area (Å²) < 4.78 is 0. The number of nitrogens with zero attached hydrogens (tertiary/aromatic N) is 3. The molecule has 1 heterocycles. The molecule has 0 fully saturated rings. The van der Waals surface area contributed by atoms with Crippen molar-refractivity contribution in [3.05, 3.63) is 53.7 Å². The van der Waals surface area contributed by atoms with E-state index >= 15 is 0 Å². The smallest absolute Gasteiger partial charge is 0.133 e. The van der Waals surface area contributed by atoms with Crippen LogP contribution in [0, 0.1) is 18.3 Å². The Morgan fingerprint density at radius 1 is 1.24 bits per heavy atom. The van der Waals surface area contributed by atoms with Crippen molar-refractivity contribution in [3.63, 3.8) is 0 Å². The first-order valence-corrected chi connectivity index (χ1v) is 5.37. The summed E-state index contributed by atoms with van der Waals surface area (Å²) in [7, 11) is 1.94. The van der Waals surface area contributed by atoms with Gasteiger partial charge in [0.2, 0.25) is 0 Å². The summed E-state index contributed by atoms with van der Waals surface area (Å²) in [4.78, 5) is 6.23. The molecule has 3 heteroatoms. The molecule has 3 nitrogen and oxygen atoms in total. The molecule has 0 aliphatic rings. The molecule has 17 heavy (non-hydrogen) atoms. The molecule has 0 bridgehead atoms. The van der Waals surface area contributed by atoms with E-state index in [1.807, 2.05) is 24.1 Å². The van der Waals surface area contributed by atoms with Crippen LogP contribution in [0.3, 0.4) is 0 Å². The summed E-state index contributed by atoms with van der Waals surface area (Å²) in [5, 5.41) is 8.86. The van der Waals surface area contributed by atoms with Crippen molar-refractivity contribution in [3.8, 4) is 6.07 Å². The van der Waals surface area contributed by atoms with E-state index in [0.29, 0.717) is 5.56 Å². The summed E-state index contributed by atoms with van der Waals surface area (Å²) >= 11 is 0. The van der Waals surface area contributed by atoms with E-state index in [-0.39, 0.29) is 0 Å². The Morgan fingerprint density at radius 2 is 2.06 bits per heavy atom. The molecular formula is C14H13N3. The fourth-order valence-electron chi connectivity index (χ4n) is 1.64. The maximum absolute atomic E-state index is 8.86. The van der Waals surface area contributed by atoms with Crippen molar-refractivity contribution >= 4 is 11.5 Å². The minimum Gasteiger partial charge on any atom is -0.329 e. The zero-order chi connectivity index (χ0) is 12.3. The van der Waals surface area contributed by atoms with Gasteiger partial charge in [-0.15, -0.1) is 0 Å². The van der Waals surface area contributed by atoms with Crippen LogP contribution in [0.25, 0.3) is 0 Å². The standard InChI is InChI=1S/C14H13N3/c1-11-4-3-5-13(8-11)17(2)14-9-12(10-15)6-7-16-14/h3-9H,1-2H3. The van der Waals surface area contributed by atoms with Crippen molar-refractivity contribution in [1.82, 2.24) is 4.98 Å². The molecule has 2 aromatic rings. The Hall–Kier alpha value is -2.34. The number of aromatic nitrogens is 1. The molecule has 0 aliphatic carbocycles. The predicted molar refractivity (Wildman–Crippen MR) is 68.2 cm³/mol. The van der Waals surface area contributed by atoms with Crippen molar-refractivity contribution < 1.29 is 0 Å². The Labute approximate surface area is 101 Å². The molecule has 0 saturated carbocycles. The monoisotopic (exact) mass is 223 g/mol. The van der Waals surface area contributed by atoms with Crippen LogP contribution in [0.2, 0.25) is 0 Å². The fraction of sp³-hybridized carbons (Fsp3) is 0.143. The van der Waals surface area contributed by atoms with Crippen LogP contribution < -0.4 is 4.90 Å². The Morgan fingerprint density at radius 3 is 2.76 bits per heavy atom. The molecule has 84 valence electrons. The van der Waals surface area contributed by atoms with Gasteiger partial charge in [-0.3, -0.25) is 0 Å². The molecule has 0 atom stereocenters. The number of hydrogen-bond acceptors (Lipinski definition) is 3. The molecule has 0 amide bonds. The first kappa shape index (κ1) is 11.2. The van der Waals surface area contributed by atoms with E-state index in [0.717, 1.165) is 11.5 Å². The minimum atomic E-state index is 0.620. The van der Waals surface area contributed by atoms with Gasteiger partial charge in [0, 0.05) is 18.9 Å². The molecule has 0 radical (unpaired) electrons. The van der Waals surface area contributed by atoms with Gasteiger partial charge in [0.15, 0.2) is 0 Å². The van der Waals surface area contributed by atoms with Crippen LogP contribution in [0.5, 0.6) is 0 Å². The van der Waals surface area contributed by atoms with Gasteiger partial charge < -0.3 is 4.90 Å². The zero-order valence-corrected chi connectivity index (χ0v) is 9.88. The quantitative estimate of drug-likeness (QED) is 0.785. The lowest BCUT2D eigenvalue weighted by atomic mass is 10.2.